The van der Waals surface area contributed by atoms with E-state index in [4.69, 9.17) is 0 Å². The zero-order valence-electron chi connectivity index (χ0n) is 9.12. The van der Waals surface area contributed by atoms with Gasteiger partial charge in [-0.2, -0.15) is 0 Å². The molecule has 1 heteroatoms. The van der Waals surface area contributed by atoms with Crippen molar-refractivity contribution in [2.24, 2.45) is 13.0 Å². The zero-order chi connectivity index (χ0) is 10.1. The molecule has 1 heterocycles. The van der Waals surface area contributed by atoms with Crippen molar-refractivity contribution in [2.45, 2.75) is 20.3 Å². The van der Waals surface area contributed by atoms with Gasteiger partial charge in [-0.1, -0.05) is 32.0 Å². The second kappa shape index (κ2) is 3.49. The maximum atomic E-state index is 2.27. The van der Waals surface area contributed by atoms with E-state index in [1.165, 1.54) is 22.9 Å². The minimum absolute atomic E-state index is 0.723. The normalized spacial score (nSPS) is 11.4. The Kier molecular flexibility index (Phi) is 2.32. The first-order chi connectivity index (χ1) is 6.68. The lowest BCUT2D eigenvalue weighted by atomic mass is 10.0. The average Bonchev–Trinajstić information content (AvgIpc) is 2.44. The minimum Gasteiger partial charge on any atom is -0.350 e. The van der Waals surface area contributed by atoms with Crippen molar-refractivity contribution in [3.05, 3.63) is 36.0 Å². The van der Waals surface area contributed by atoms with Crippen LogP contribution in [0.5, 0.6) is 0 Å². The van der Waals surface area contributed by atoms with Crippen LogP contribution in [0.15, 0.2) is 30.5 Å². The molecule has 14 heavy (non-hydrogen) atoms. The van der Waals surface area contributed by atoms with Crippen LogP contribution in [-0.2, 0) is 13.5 Å². The lowest BCUT2D eigenvalue weighted by Gasteiger charge is -2.01. The highest BCUT2D eigenvalue weighted by Gasteiger charge is 2.06. The summed E-state index contributed by atoms with van der Waals surface area (Å²) in [5.41, 5.74) is 2.81. The first-order valence-corrected chi connectivity index (χ1v) is 5.21. The molecule has 0 saturated carbocycles. The Labute approximate surface area is 85.4 Å². The Morgan fingerprint density at radius 2 is 1.93 bits per heavy atom. The van der Waals surface area contributed by atoms with Crippen molar-refractivity contribution in [3.63, 3.8) is 0 Å². The molecule has 1 aromatic carbocycles. The van der Waals surface area contributed by atoms with Crippen LogP contribution in [0, 0.1) is 5.92 Å². The lowest BCUT2D eigenvalue weighted by Crippen LogP contribution is -1.92. The van der Waals surface area contributed by atoms with Gasteiger partial charge in [-0.25, -0.2) is 0 Å². The zero-order valence-corrected chi connectivity index (χ0v) is 9.12. The van der Waals surface area contributed by atoms with E-state index in [2.05, 4.69) is 55.9 Å². The Balaban J connectivity index is 2.55. The lowest BCUT2D eigenvalue weighted by molar-refractivity contribution is 0.648. The fraction of sp³-hybridized carbons (Fsp3) is 0.385. The second-order valence-corrected chi connectivity index (χ2v) is 4.38. The third kappa shape index (κ3) is 1.54. The Morgan fingerprint density at radius 3 is 2.64 bits per heavy atom. The van der Waals surface area contributed by atoms with Crippen LogP contribution in [0.1, 0.15) is 19.4 Å². The number of hydrogen-bond acceptors (Lipinski definition) is 0. The molecule has 0 spiro atoms. The van der Waals surface area contributed by atoms with Gasteiger partial charge in [0.1, 0.15) is 0 Å². The molecule has 0 fully saturated rings. The van der Waals surface area contributed by atoms with E-state index in [1.54, 1.807) is 0 Å². The van der Waals surface area contributed by atoms with Crippen molar-refractivity contribution < 1.29 is 0 Å². The summed E-state index contributed by atoms with van der Waals surface area (Å²) in [6, 6.07) is 8.61. The van der Waals surface area contributed by atoms with Crippen molar-refractivity contribution in [1.82, 2.24) is 4.57 Å². The van der Waals surface area contributed by atoms with Gasteiger partial charge < -0.3 is 4.57 Å². The molecule has 0 bridgehead atoms. The highest BCUT2D eigenvalue weighted by Crippen LogP contribution is 2.22. The number of benzene rings is 1. The summed E-state index contributed by atoms with van der Waals surface area (Å²) in [4.78, 5) is 0. The van der Waals surface area contributed by atoms with Crippen LogP contribution in [-0.4, -0.2) is 4.57 Å². The van der Waals surface area contributed by atoms with Gasteiger partial charge in [-0.15, -0.1) is 0 Å². The molecule has 0 saturated heterocycles. The van der Waals surface area contributed by atoms with Gasteiger partial charge in [-0.3, -0.25) is 0 Å². The molecule has 1 aromatic heterocycles. The smallest absolute Gasteiger partial charge is 0.0480 e. The summed E-state index contributed by atoms with van der Waals surface area (Å²) in [6.45, 7) is 4.53. The third-order valence-electron chi connectivity index (χ3n) is 2.61. The molecule has 2 rings (SSSR count). The SMILES string of the molecule is CC(C)Cc1cn(C)c2ccccc12. The Morgan fingerprint density at radius 1 is 1.21 bits per heavy atom. The minimum atomic E-state index is 0.723. The van der Waals surface area contributed by atoms with Crippen molar-refractivity contribution in [1.29, 1.82) is 0 Å². The first kappa shape index (κ1) is 9.32. The van der Waals surface area contributed by atoms with Gasteiger partial charge in [0, 0.05) is 24.1 Å². The van der Waals surface area contributed by atoms with Crippen LogP contribution in [0.2, 0.25) is 0 Å². The molecule has 2 aromatic rings. The van der Waals surface area contributed by atoms with Crippen LogP contribution < -0.4 is 0 Å². The van der Waals surface area contributed by atoms with Gasteiger partial charge >= 0.3 is 0 Å². The Bertz CT molecular complexity index is 437. The number of nitrogens with zero attached hydrogens (tertiary/aromatic N) is 1. The predicted molar refractivity (Wildman–Crippen MR) is 61.5 cm³/mol. The number of para-hydroxylation sites is 1. The summed E-state index contributed by atoms with van der Waals surface area (Å²) < 4.78 is 2.22. The standard InChI is InChI=1S/C13H17N/c1-10(2)8-11-9-14(3)13-7-5-4-6-12(11)13/h4-7,9-10H,8H2,1-3H3. The van der Waals surface area contributed by atoms with E-state index in [-0.39, 0.29) is 0 Å². The second-order valence-electron chi connectivity index (χ2n) is 4.38. The number of hydrogen-bond donors (Lipinski definition) is 0. The van der Waals surface area contributed by atoms with Crippen molar-refractivity contribution in [2.75, 3.05) is 0 Å². The van der Waals surface area contributed by atoms with Crippen LogP contribution in [0.4, 0.5) is 0 Å². The largest absolute Gasteiger partial charge is 0.350 e. The van der Waals surface area contributed by atoms with E-state index in [1.807, 2.05) is 0 Å². The number of aryl methyl sites for hydroxylation is 1. The summed E-state index contributed by atoms with van der Waals surface area (Å²) in [5, 5.41) is 1.41. The van der Waals surface area contributed by atoms with Gasteiger partial charge in [0.05, 0.1) is 0 Å². The fourth-order valence-corrected chi connectivity index (χ4v) is 2.03. The van der Waals surface area contributed by atoms with Crippen molar-refractivity contribution >= 4 is 10.9 Å². The molecular formula is C13H17N. The monoisotopic (exact) mass is 187 g/mol. The average molecular weight is 187 g/mol. The summed E-state index contributed by atoms with van der Waals surface area (Å²) >= 11 is 0. The van der Waals surface area contributed by atoms with Gasteiger partial charge in [-0.05, 0) is 24.0 Å². The predicted octanol–water partition coefficient (Wildman–Crippen LogP) is 3.38. The molecule has 74 valence electrons. The van der Waals surface area contributed by atoms with Crippen LogP contribution >= 0.6 is 0 Å². The molecule has 0 N–H and O–H groups in total. The maximum Gasteiger partial charge on any atom is 0.0480 e. The quantitative estimate of drug-likeness (QED) is 0.679. The molecule has 0 atom stereocenters. The summed E-state index contributed by atoms with van der Waals surface area (Å²) in [7, 11) is 2.12. The van der Waals surface area contributed by atoms with Gasteiger partial charge in [0.2, 0.25) is 0 Å². The maximum absolute atomic E-state index is 2.27. The van der Waals surface area contributed by atoms with Crippen LogP contribution in [0.25, 0.3) is 10.9 Å². The summed E-state index contributed by atoms with van der Waals surface area (Å²) in [5.74, 6) is 0.723. The molecular weight excluding hydrogens is 170 g/mol. The fourth-order valence-electron chi connectivity index (χ4n) is 2.03. The summed E-state index contributed by atoms with van der Waals surface area (Å²) in [6.07, 6.45) is 3.42. The van der Waals surface area contributed by atoms with E-state index in [0.717, 1.165) is 5.92 Å². The molecule has 0 aliphatic carbocycles. The number of rotatable bonds is 2. The molecule has 0 radical (unpaired) electrons. The first-order valence-electron chi connectivity index (χ1n) is 5.21. The highest BCUT2D eigenvalue weighted by molar-refractivity contribution is 5.83. The number of aromatic nitrogens is 1. The molecule has 0 unspecified atom stereocenters. The van der Waals surface area contributed by atoms with Gasteiger partial charge in [0.15, 0.2) is 0 Å². The van der Waals surface area contributed by atoms with Gasteiger partial charge in [0.25, 0.3) is 0 Å². The van der Waals surface area contributed by atoms with Crippen LogP contribution in [0.3, 0.4) is 0 Å². The third-order valence-corrected chi connectivity index (χ3v) is 2.61. The van der Waals surface area contributed by atoms with E-state index in [9.17, 15) is 0 Å². The van der Waals surface area contributed by atoms with E-state index in [0.29, 0.717) is 0 Å². The van der Waals surface area contributed by atoms with E-state index < -0.39 is 0 Å². The molecule has 0 amide bonds. The molecule has 0 aliphatic heterocycles. The van der Waals surface area contributed by atoms with Crippen molar-refractivity contribution in [3.8, 4) is 0 Å². The Hall–Kier alpha value is -1.24. The topological polar surface area (TPSA) is 4.93 Å². The highest BCUT2D eigenvalue weighted by atomic mass is 14.9. The molecule has 0 aliphatic rings. The number of fused-ring (bicyclic) bond motifs is 1. The van der Waals surface area contributed by atoms with E-state index >= 15 is 0 Å². The molecule has 1 nitrogen and oxygen atoms in total.